The molecule has 1 rings (SSSR count). The fourth-order valence-electron chi connectivity index (χ4n) is 3.51. The van der Waals surface area contributed by atoms with Crippen molar-refractivity contribution >= 4 is 31.7 Å². The Labute approximate surface area is 221 Å². The monoisotopic (exact) mass is 564 g/mol. The molecular weight excluding hydrogens is 524 g/mol. The third-order valence-corrected chi connectivity index (χ3v) is 8.65. The molecule has 1 unspecified atom stereocenters. The molecule has 0 aliphatic heterocycles. The highest BCUT2D eigenvalue weighted by Crippen LogP contribution is 2.25. The number of sulfone groups is 1. The first-order valence-corrected chi connectivity index (χ1v) is 14.8. The van der Waals surface area contributed by atoms with Gasteiger partial charge in [0.25, 0.3) is 0 Å². The van der Waals surface area contributed by atoms with Gasteiger partial charge in [0.1, 0.15) is 6.61 Å². The molecule has 0 radical (unpaired) electrons. The molecule has 1 atom stereocenters. The van der Waals surface area contributed by atoms with Gasteiger partial charge in [-0.05, 0) is 84.9 Å². The lowest BCUT2D eigenvalue weighted by atomic mass is 10.0. The minimum atomic E-state index is -3.52. The van der Waals surface area contributed by atoms with Crippen LogP contribution in [0.4, 0.5) is 0 Å². The van der Waals surface area contributed by atoms with Gasteiger partial charge in [0.05, 0.1) is 10.1 Å². The predicted octanol–water partition coefficient (Wildman–Crippen LogP) is 7.83. The van der Waals surface area contributed by atoms with Crippen LogP contribution < -0.4 is 0 Å². The standard InChI is InChI=1S/C29H41BrO4S/c1-22(17-18-34-27(6)31)9-7-10-24(3)19-29(20-25(4)11-8-12-26(5)21-30)35(32,33)28-15-13-23(2)14-16-28/h10,12-17,20,29H,7-9,11,18-19,21H2,1-6H3/b22-17+,24-10+,25-20+,26-12+. The Morgan fingerprint density at radius 2 is 1.46 bits per heavy atom. The highest BCUT2D eigenvalue weighted by Gasteiger charge is 2.26. The van der Waals surface area contributed by atoms with Gasteiger partial charge in [0, 0.05) is 12.3 Å². The molecule has 4 nitrogen and oxygen atoms in total. The molecule has 0 aliphatic carbocycles. The Morgan fingerprint density at radius 3 is 2.03 bits per heavy atom. The van der Waals surface area contributed by atoms with E-state index in [0.29, 0.717) is 11.3 Å². The number of benzene rings is 1. The van der Waals surface area contributed by atoms with Crippen molar-refractivity contribution in [2.24, 2.45) is 0 Å². The van der Waals surface area contributed by atoms with Crippen molar-refractivity contribution in [3.05, 3.63) is 76.4 Å². The van der Waals surface area contributed by atoms with E-state index in [1.54, 1.807) is 12.1 Å². The molecule has 0 aromatic heterocycles. The average molecular weight is 566 g/mol. The molecule has 0 N–H and O–H groups in total. The fourth-order valence-corrected chi connectivity index (χ4v) is 5.50. The first kappa shape index (κ1) is 31.1. The van der Waals surface area contributed by atoms with Crippen LogP contribution in [0.25, 0.3) is 0 Å². The van der Waals surface area contributed by atoms with Gasteiger partial charge in [-0.15, -0.1) is 0 Å². The summed E-state index contributed by atoms with van der Waals surface area (Å²) in [4.78, 5) is 11.3. The van der Waals surface area contributed by atoms with Crippen LogP contribution in [0.1, 0.15) is 72.3 Å². The number of carbonyl (C=O) groups excluding carboxylic acids is 1. The van der Waals surface area contributed by atoms with Crippen molar-refractivity contribution in [2.45, 2.75) is 83.8 Å². The van der Waals surface area contributed by atoms with E-state index in [-0.39, 0.29) is 12.6 Å². The van der Waals surface area contributed by atoms with Crippen molar-refractivity contribution < 1.29 is 17.9 Å². The molecular formula is C29H41BrO4S. The zero-order valence-corrected chi connectivity index (χ0v) is 24.5. The molecule has 0 aliphatic rings. The number of aryl methyl sites for hydroxylation is 1. The smallest absolute Gasteiger partial charge is 0.302 e. The van der Waals surface area contributed by atoms with Gasteiger partial charge in [-0.1, -0.05) is 74.1 Å². The van der Waals surface area contributed by atoms with E-state index >= 15 is 0 Å². The molecule has 0 spiro atoms. The largest absolute Gasteiger partial charge is 0.462 e. The zero-order chi connectivity index (χ0) is 26.4. The van der Waals surface area contributed by atoms with Gasteiger partial charge in [0.15, 0.2) is 9.84 Å². The summed E-state index contributed by atoms with van der Waals surface area (Å²) in [5, 5.41) is 0.242. The maximum absolute atomic E-state index is 13.6. The third-order valence-electron chi connectivity index (χ3n) is 5.73. The van der Waals surface area contributed by atoms with E-state index in [0.717, 1.165) is 53.3 Å². The number of carbonyl (C=O) groups is 1. The number of alkyl halides is 1. The van der Waals surface area contributed by atoms with E-state index in [1.807, 2.05) is 52.0 Å². The van der Waals surface area contributed by atoms with Crippen LogP contribution in [0.3, 0.4) is 0 Å². The van der Waals surface area contributed by atoms with Crippen LogP contribution in [0, 0.1) is 6.92 Å². The highest BCUT2D eigenvalue weighted by molar-refractivity contribution is 9.09. The Balaban J connectivity index is 3.02. The van der Waals surface area contributed by atoms with Gasteiger partial charge >= 0.3 is 5.97 Å². The number of hydrogen-bond donors (Lipinski definition) is 0. The Bertz CT molecular complexity index is 1040. The van der Waals surface area contributed by atoms with Crippen LogP contribution in [0.2, 0.25) is 0 Å². The summed E-state index contributed by atoms with van der Waals surface area (Å²) < 4.78 is 32.1. The van der Waals surface area contributed by atoms with Crippen LogP contribution in [-0.4, -0.2) is 31.6 Å². The number of rotatable bonds is 14. The van der Waals surface area contributed by atoms with Crippen LogP contribution in [0.5, 0.6) is 0 Å². The molecule has 1 aromatic rings. The van der Waals surface area contributed by atoms with Crippen molar-refractivity contribution in [3.8, 4) is 0 Å². The van der Waals surface area contributed by atoms with Crippen molar-refractivity contribution in [1.29, 1.82) is 0 Å². The summed E-state index contributed by atoms with van der Waals surface area (Å²) in [5.41, 5.74) is 5.59. The van der Waals surface area contributed by atoms with Gasteiger partial charge in [0.2, 0.25) is 0 Å². The maximum atomic E-state index is 13.6. The predicted molar refractivity (Wildman–Crippen MR) is 151 cm³/mol. The molecule has 0 bridgehead atoms. The first-order valence-electron chi connectivity index (χ1n) is 12.1. The lowest BCUT2D eigenvalue weighted by molar-refractivity contribution is -0.139. The number of allylic oxidation sites excluding steroid dienone is 6. The first-order chi connectivity index (χ1) is 16.4. The third kappa shape index (κ3) is 12.6. The lowest BCUT2D eigenvalue weighted by Gasteiger charge is -2.17. The Kier molecular flexibility index (Phi) is 14.2. The minimum absolute atomic E-state index is 0.287. The number of halogens is 1. The number of esters is 1. The Morgan fingerprint density at radius 1 is 0.886 bits per heavy atom. The Hall–Kier alpha value is -1.92. The molecule has 0 saturated carbocycles. The zero-order valence-electron chi connectivity index (χ0n) is 22.1. The fraction of sp³-hybridized carbons (Fsp3) is 0.483. The molecule has 0 saturated heterocycles. The van der Waals surface area contributed by atoms with Gasteiger partial charge in [-0.3, -0.25) is 4.79 Å². The number of hydrogen-bond acceptors (Lipinski definition) is 4. The quantitative estimate of drug-likeness (QED) is 0.131. The molecule has 35 heavy (non-hydrogen) atoms. The number of ether oxygens (including phenoxy) is 1. The molecule has 0 fully saturated rings. The SMILES string of the molecule is CC(=O)OC/C=C(\C)CC/C=C(\C)CC(/C=C(\C)CC/C=C(\C)CBr)S(=O)(=O)c1ccc(C)cc1. The summed E-state index contributed by atoms with van der Waals surface area (Å²) >= 11 is 3.46. The van der Waals surface area contributed by atoms with Gasteiger partial charge < -0.3 is 4.74 Å². The van der Waals surface area contributed by atoms with E-state index in [4.69, 9.17) is 4.74 Å². The van der Waals surface area contributed by atoms with E-state index in [9.17, 15) is 13.2 Å². The van der Waals surface area contributed by atoms with Gasteiger partial charge in [-0.2, -0.15) is 0 Å². The summed E-state index contributed by atoms with van der Waals surface area (Å²) in [6.45, 7) is 11.7. The summed E-state index contributed by atoms with van der Waals surface area (Å²) in [7, 11) is -3.52. The van der Waals surface area contributed by atoms with Crippen molar-refractivity contribution in [1.82, 2.24) is 0 Å². The molecule has 0 amide bonds. The topological polar surface area (TPSA) is 60.4 Å². The van der Waals surface area contributed by atoms with E-state index < -0.39 is 15.1 Å². The van der Waals surface area contributed by atoms with E-state index in [1.165, 1.54) is 12.5 Å². The second-order valence-corrected chi connectivity index (χ2v) is 12.0. The van der Waals surface area contributed by atoms with Crippen molar-refractivity contribution in [2.75, 3.05) is 11.9 Å². The minimum Gasteiger partial charge on any atom is -0.462 e. The maximum Gasteiger partial charge on any atom is 0.302 e. The lowest BCUT2D eigenvalue weighted by Crippen LogP contribution is -2.20. The molecule has 194 valence electrons. The molecule has 0 heterocycles. The van der Waals surface area contributed by atoms with Crippen LogP contribution in [0.15, 0.2) is 75.8 Å². The normalized spacial score (nSPS) is 14.7. The van der Waals surface area contributed by atoms with E-state index in [2.05, 4.69) is 35.0 Å². The molecule has 1 aromatic carbocycles. The average Bonchev–Trinajstić information content (AvgIpc) is 2.78. The second kappa shape index (κ2) is 15.9. The highest BCUT2D eigenvalue weighted by atomic mass is 79.9. The van der Waals surface area contributed by atoms with Crippen LogP contribution >= 0.6 is 15.9 Å². The summed E-state index contributed by atoms with van der Waals surface area (Å²) in [6.07, 6.45) is 12.0. The molecule has 6 heteroatoms. The van der Waals surface area contributed by atoms with Crippen molar-refractivity contribution in [3.63, 3.8) is 0 Å². The summed E-state index contributed by atoms with van der Waals surface area (Å²) in [6, 6.07) is 7.11. The summed E-state index contributed by atoms with van der Waals surface area (Å²) in [5.74, 6) is -0.289. The van der Waals surface area contributed by atoms with Crippen LogP contribution in [-0.2, 0) is 19.4 Å². The second-order valence-electron chi connectivity index (χ2n) is 9.28. The van der Waals surface area contributed by atoms with Gasteiger partial charge in [-0.25, -0.2) is 8.42 Å².